The minimum Gasteiger partial charge on any atom is -0.345 e. The van der Waals surface area contributed by atoms with E-state index in [4.69, 9.17) is 11.6 Å². The van der Waals surface area contributed by atoms with Gasteiger partial charge in [0.1, 0.15) is 12.2 Å². The lowest BCUT2D eigenvalue weighted by Crippen LogP contribution is -2.23. The highest BCUT2D eigenvalue weighted by Crippen LogP contribution is 2.12. The van der Waals surface area contributed by atoms with Crippen molar-refractivity contribution in [2.24, 2.45) is 0 Å². The van der Waals surface area contributed by atoms with Gasteiger partial charge in [-0.1, -0.05) is 11.6 Å². The first-order valence-electron chi connectivity index (χ1n) is 4.49. The molecular weight excluding hydrogens is 230 g/mol. The van der Waals surface area contributed by atoms with Crippen LogP contribution in [0.1, 0.15) is 16.2 Å². The number of rotatable bonds is 3. The Morgan fingerprint density at radius 1 is 1.56 bits per heavy atom. The lowest BCUT2D eigenvalue weighted by Gasteiger charge is -2.03. The van der Waals surface area contributed by atoms with E-state index in [1.54, 1.807) is 6.07 Å². The van der Waals surface area contributed by atoms with Crippen molar-refractivity contribution in [1.29, 1.82) is 0 Å². The van der Waals surface area contributed by atoms with E-state index in [0.29, 0.717) is 16.4 Å². The zero-order chi connectivity index (χ0) is 11.4. The van der Waals surface area contributed by atoms with E-state index < -0.39 is 0 Å². The van der Waals surface area contributed by atoms with E-state index in [0.717, 1.165) is 0 Å². The van der Waals surface area contributed by atoms with Crippen LogP contribution in [0.4, 0.5) is 0 Å². The number of aromatic nitrogens is 4. The van der Waals surface area contributed by atoms with Crippen LogP contribution in [-0.2, 0) is 6.54 Å². The lowest BCUT2D eigenvalue weighted by atomic mass is 10.2. The van der Waals surface area contributed by atoms with Crippen LogP contribution in [0.5, 0.6) is 0 Å². The number of pyridine rings is 1. The van der Waals surface area contributed by atoms with Gasteiger partial charge in [0.2, 0.25) is 0 Å². The Bertz CT molecular complexity index is 484. The summed E-state index contributed by atoms with van der Waals surface area (Å²) in [6, 6.07) is 1.56. The average molecular weight is 238 g/mol. The first-order valence-corrected chi connectivity index (χ1v) is 4.87. The number of carbonyl (C=O) groups excluding carboxylic acids is 1. The summed E-state index contributed by atoms with van der Waals surface area (Å²) >= 11 is 5.84. The Balaban J connectivity index is 2.01. The van der Waals surface area contributed by atoms with Crippen LogP contribution < -0.4 is 5.32 Å². The van der Waals surface area contributed by atoms with Crippen molar-refractivity contribution in [2.45, 2.75) is 6.54 Å². The topological polar surface area (TPSA) is 83.6 Å². The predicted molar refractivity (Wildman–Crippen MR) is 56.8 cm³/mol. The maximum absolute atomic E-state index is 11.7. The molecule has 0 aliphatic rings. The second kappa shape index (κ2) is 4.71. The smallest absolute Gasteiger partial charge is 0.254 e. The zero-order valence-electron chi connectivity index (χ0n) is 8.14. The van der Waals surface area contributed by atoms with Gasteiger partial charge in [-0.2, -0.15) is 5.10 Å². The van der Waals surface area contributed by atoms with Crippen molar-refractivity contribution in [3.63, 3.8) is 0 Å². The summed E-state index contributed by atoms with van der Waals surface area (Å²) in [5.74, 6) is 0.280. The molecule has 0 saturated carbocycles. The van der Waals surface area contributed by atoms with E-state index in [1.165, 1.54) is 18.7 Å². The van der Waals surface area contributed by atoms with E-state index in [2.05, 4.69) is 25.5 Å². The summed E-state index contributed by atoms with van der Waals surface area (Å²) in [4.78, 5) is 19.4. The van der Waals surface area contributed by atoms with Crippen molar-refractivity contribution in [2.75, 3.05) is 0 Å². The fourth-order valence-corrected chi connectivity index (χ4v) is 1.31. The molecule has 0 fully saturated rings. The van der Waals surface area contributed by atoms with Gasteiger partial charge in [-0.3, -0.25) is 14.9 Å². The quantitative estimate of drug-likeness (QED) is 0.827. The van der Waals surface area contributed by atoms with Crippen molar-refractivity contribution in [1.82, 2.24) is 25.5 Å². The summed E-state index contributed by atoms with van der Waals surface area (Å²) in [7, 11) is 0. The monoisotopic (exact) mass is 237 g/mol. The zero-order valence-corrected chi connectivity index (χ0v) is 8.90. The SMILES string of the molecule is O=C(NCc1ncn[nH]1)c1cnccc1Cl. The Labute approximate surface area is 96.1 Å². The number of halogens is 1. The Kier molecular flexibility index (Phi) is 3.11. The molecular formula is C9H8ClN5O. The van der Waals surface area contributed by atoms with E-state index in [9.17, 15) is 4.79 Å². The van der Waals surface area contributed by atoms with E-state index in [1.807, 2.05) is 0 Å². The molecule has 2 N–H and O–H groups in total. The Morgan fingerprint density at radius 2 is 2.44 bits per heavy atom. The molecule has 2 aromatic rings. The van der Waals surface area contributed by atoms with Crippen molar-refractivity contribution >= 4 is 17.5 Å². The van der Waals surface area contributed by atoms with Gasteiger partial charge >= 0.3 is 0 Å². The fraction of sp³-hybridized carbons (Fsp3) is 0.111. The molecule has 0 saturated heterocycles. The van der Waals surface area contributed by atoms with E-state index >= 15 is 0 Å². The van der Waals surface area contributed by atoms with Crippen LogP contribution in [0.25, 0.3) is 0 Å². The van der Waals surface area contributed by atoms with Gasteiger partial charge in [-0.25, -0.2) is 4.98 Å². The van der Waals surface area contributed by atoms with Gasteiger partial charge in [0.25, 0.3) is 5.91 Å². The number of amides is 1. The van der Waals surface area contributed by atoms with Crippen LogP contribution in [0.15, 0.2) is 24.8 Å². The molecule has 7 heteroatoms. The summed E-state index contributed by atoms with van der Waals surface area (Å²) in [5.41, 5.74) is 0.337. The standard InChI is InChI=1S/C9H8ClN5O/c10-7-1-2-11-3-6(7)9(16)12-4-8-13-5-14-15-8/h1-3,5H,4H2,(H,12,16)(H,13,14,15). The van der Waals surface area contributed by atoms with Crippen LogP contribution in [0, 0.1) is 0 Å². The Morgan fingerprint density at radius 3 is 3.12 bits per heavy atom. The highest BCUT2D eigenvalue weighted by atomic mass is 35.5. The van der Waals surface area contributed by atoms with Crippen molar-refractivity contribution in [3.8, 4) is 0 Å². The third-order valence-electron chi connectivity index (χ3n) is 1.89. The summed E-state index contributed by atoms with van der Waals surface area (Å²) < 4.78 is 0. The van der Waals surface area contributed by atoms with Crippen LogP contribution >= 0.6 is 11.6 Å². The lowest BCUT2D eigenvalue weighted by molar-refractivity contribution is 0.0949. The second-order valence-corrected chi connectivity index (χ2v) is 3.38. The third kappa shape index (κ3) is 2.34. The molecule has 1 amide bonds. The molecule has 0 aliphatic carbocycles. The average Bonchev–Trinajstić information content (AvgIpc) is 2.79. The van der Waals surface area contributed by atoms with Gasteiger partial charge in [-0.15, -0.1) is 0 Å². The molecule has 0 spiro atoms. The van der Waals surface area contributed by atoms with Gasteiger partial charge in [0.15, 0.2) is 0 Å². The van der Waals surface area contributed by atoms with Gasteiger partial charge in [-0.05, 0) is 6.07 Å². The molecule has 6 nitrogen and oxygen atoms in total. The molecule has 0 aromatic carbocycles. The predicted octanol–water partition coefficient (Wildman–Crippen LogP) is 0.783. The number of aromatic amines is 1. The third-order valence-corrected chi connectivity index (χ3v) is 2.22. The summed E-state index contributed by atoms with van der Waals surface area (Å²) in [5, 5.41) is 9.31. The molecule has 0 unspecified atom stereocenters. The fourth-order valence-electron chi connectivity index (χ4n) is 1.12. The molecule has 2 aromatic heterocycles. The highest BCUT2D eigenvalue weighted by molar-refractivity contribution is 6.33. The Hall–Kier alpha value is -1.95. The number of nitrogens with one attached hydrogen (secondary N) is 2. The number of hydrogen-bond acceptors (Lipinski definition) is 4. The molecule has 0 atom stereocenters. The van der Waals surface area contributed by atoms with Crippen molar-refractivity contribution < 1.29 is 4.79 Å². The molecule has 0 bridgehead atoms. The maximum Gasteiger partial charge on any atom is 0.254 e. The van der Waals surface area contributed by atoms with Gasteiger partial charge < -0.3 is 5.32 Å². The molecule has 82 valence electrons. The first kappa shape index (κ1) is 10.6. The minimum absolute atomic E-state index is 0.268. The maximum atomic E-state index is 11.7. The minimum atomic E-state index is -0.297. The number of hydrogen-bond donors (Lipinski definition) is 2. The van der Waals surface area contributed by atoms with Crippen LogP contribution in [-0.4, -0.2) is 26.1 Å². The van der Waals surface area contributed by atoms with E-state index in [-0.39, 0.29) is 12.5 Å². The summed E-state index contributed by atoms with van der Waals surface area (Å²) in [6.45, 7) is 0.268. The highest BCUT2D eigenvalue weighted by Gasteiger charge is 2.09. The van der Waals surface area contributed by atoms with Crippen LogP contribution in [0.2, 0.25) is 5.02 Å². The van der Waals surface area contributed by atoms with Gasteiger partial charge in [0.05, 0.1) is 17.1 Å². The number of H-pyrrole nitrogens is 1. The molecule has 16 heavy (non-hydrogen) atoms. The van der Waals surface area contributed by atoms with Crippen molar-refractivity contribution in [3.05, 3.63) is 41.2 Å². The molecule has 2 heterocycles. The molecule has 0 aliphatic heterocycles. The normalized spacial score (nSPS) is 10.1. The number of nitrogens with zero attached hydrogens (tertiary/aromatic N) is 3. The van der Waals surface area contributed by atoms with Crippen LogP contribution in [0.3, 0.4) is 0 Å². The molecule has 0 radical (unpaired) electrons. The summed E-state index contributed by atoms with van der Waals surface area (Å²) in [6.07, 6.45) is 4.31. The molecule has 2 rings (SSSR count). The van der Waals surface area contributed by atoms with Gasteiger partial charge in [0, 0.05) is 12.4 Å². The second-order valence-electron chi connectivity index (χ2n) is 2.97. The largest absolute Gasteiger partial charge is 0.345 e. The first-order chi connectivity index (χ1) is 7.77. The number of carbonyl (C=O) groups is 1.